The Bertz CT molecular complexity index is 729. The van der Waals surface area contributed by atoms with Gasteiger partial charge < -0.3 is 15.4 Å². The zero-order valence-corrected chi connectivity index (χ0v) is 13.2. The highest BCUT2D eigenvalue weighted by atomic mass is 32.1. The van der Waals surface area contributed by atoms with Crippen LogP contribution in [0.15, 0.2) is 41.8 Å². The first kappa shape index (κ1) is 14.7. The van der Waals surface area contributed by atoms with Crippen LogP contribution in [-0.4, -0.2) is 30.2 Å². The zero-order chi connectivity index (χ0) is 15.2. The monoisotopic (exact) mass is 314 g/mol. The lowest BCUT2D eigenvalue weighted by Gasteiger charge is -2.09. The number of hydrogen-bond donors (Lipinski definition) is 2. The van der Waals surface area contributed by atoms with Crippen molar-refractivity contribution in [2.45, 2.75) is 6.54 Å². The molecule has 0 amide bonds. The van der Waals surface area contributed by atoms with Crippen molar-refractivity contribution in [3.8, 4) is 0 Å². The summed E-state index contributed by atoms with van der Waals surface area (Å²) in [5, 5.41) is 8.62. The number of fused-ring (bicyclic) bond motifs is 1. The smallest absolute Gasteiger partial charge is 0.225 e. The second kappa shape index (κ2) is 7.20. The van der Waals surface area contributed by atoms with E-state index in [4.69, 9.17) is 4.74 Å². The Hall–Kier alpha value is -2.18. The second-order valence-corrected chi connectivity index (χ2v) is 5.71. The van der Waals surface area contributed by atoms with Gasteiger partial charge in [0.05, 0.1) is 16.8 Å². The summed E-state index contributed by atoms with van der Waals surface area (Å²) in [6, 6.07) is 12.2. The van der Waals surface area contributed by atoms with E-state index in [1.165, 1.54) is 5.56 Å². The van der Waals surface area contributed by atoms with Gasteiger partial charge in [0.1, 0.15) is 5.82 Å². The normalized spacial score (nSPS) is 10.8. The summed E-state index contributed by atoms with van der Waals surface area (Å²) >= 11 is 1.64. The molecule has 0 saturated carbocycles. The molecule has 0 aliphatic rings. The predicted octanol–water partition coefficient (Wildman–Crippen LogP) is 3.36. The second-order valence-electron chi connectivity index (χ2n) is 4.79. The minimum Gasteiger partial charge on any atom is -0.383 e. The number of rotatable bonds is 7. The van der Waals surface area contributed by atoms with Crippen molar-refractivity contribution in [3.63, 3.8) is 0 Å². The molecule has 2 N–H and O–H groups in total. The molecule has 0 saturated heterocycles. The largest absolute Gasteiger partial charge is 0.383 e. The molecule has 0 aliphatic carbocycles. The molecular weight excluding hydrogens is 296 g/mol. The average Bonchev–Trinajstić information content (AvgIpc) is 3.03. The summed E-state index contributed by atoms with van der Waals surface area (Å²) in [5.74, 6) is 1.49. The van der Waals surface area contributed by atoms with Crippen LogP contribution >= 0.6 is 11.3 Å². The molecule has 3 aromatic rings. The summed E-state index contributed by atoms with van der Waals surface area (Å²) in [6.07, 6.45) is 0. The number of thiophene rings is 1. The Kier molecular flexibility index (Phi) is 4.82. The first-order valence-electron chi connectivity index (χ1n) is 7.12. The van der Waals surface area contributed by atoms with Gasteiger partial charge >= 0.3 is 0 Å². The van der Waals surface area contributed by atoms with Crippen LogP contribution in [0.25, 0.3) is 10.2 Å². The Morgan fingerprint density at radius 1 is 1.09 bits per heavy atom. The van der Waals surface area contributed by atoms with E-state index in [9.17, 15) is 0 Å². The van der Waals surface area contributed by atoms with Crippen LogP contribution in [0.1, 0.15) is 5.56 Å². The maximum atomic E-state index is 5.07. The number of ether oxygens (including phenoxy) is 1. The molecule has 0 unspecified atom stereocenters. The van der Waals surface area contributed by atoms with Crippen LogP contribution in [0.2, 0.25) is 0 Å². The van der Waals surface area contributed by atoms with E-state index in [2.05, 4.69) is 32.7 Å². The van der Waals surface area contributed by atoms with Crippen LogP contribution in [0.3, 0.4) is 0 Å². The molecule has 2 aromatic heterocycles. The van der Waals surface area contributed by atoms with Crippen LogP contribution in [0, 0.1) is 0 Å². The van der Waals surface area contributed by atoms with Gasteiger partial charge in [-0.2, -0.15) is 4.98 Å². The van der Waals surface area contributed by atoms with Gasteiger partial charge in [-0.3, -0.25) is 0 Å². The third-order valence-corrected chi connectivity index (χ3v) is 4.11. The summed E-state index contributed by atoms with van der Waals surface area (Å²) in [7, 11) is 1.69. The molecule has 3 rings (SSSR count). The van der Waals surface area contributed by atoms with Gasteiger partial charge in [0.25, 0.3) is 0 Å². The number of aromatic nitrogens is 2. The molecule has 22 heavy (non-hydrogen) atoms. The molecule has 2 heterocycles. The topological polar surface area (TPSA) is 59.1 Å². The standard InChI is InChI=1S/C16H18N4OS/c1-21-9-8-17-15-14-13(7-10-22-14)19-16(20-15)18-11-12-5-3-2-4-6-12/h2-7,10H,8-9,11H2,1H3,(H2,17,18,19,20). The molecule has 0 atom stereocenters. The quantitative estimate of drug-likeness (QED) is 0.655. The third kappa shape index (κ3) is 3.52. The maximum Gasteiger partial charge on any atom is 0.225 e. The number of nitrogens with one attached hydrogen (secondary N) is 2. The minimum absolute atomic E-state index is 0.634. The lowest BCUT2D eigenvalue weighted by atomic mass is 10.2. The van der Waals surface area contributed by atoms with Crippen LogP contribution < -0.4 is 10.6 Å². The summed E-state index contributed by atoms with van der Waals surface area (Å²) in [4.78, 5) is 9.14. The molecule has 1 aromatic carbocycles. The molecule has 0 aliphatic heterocycles. The Labute approximate surface area is 133 Å². The van der Waals surface area contributed by atoms with Crippen molar-refractivity contribution >= 4 is 33.3 Å². The molecule has 114 valence electrons. The Morgan fingerprint density at radius 2 is 1.95 bits per heavy atom. The van der Waals surface area contributed by atoms with Crippen molar-refractivity contribution in [2.75, 3.05) is 30.9 Å². The summed E-state index contributed by atoms with van der Waals surface area (Å²) in [6.45, 7) is 2.07. The van der Waals surface area contributed by atoms with Crippen LogP contribution in [-0.2, 0) is 11.3 Å². The van der Waals surface area contributed by atoms with E-state index < -0.39 is 0 Å². The fourth-order valence-electron chi connectivity index (χ4n) is 2.11. The van der Waals surface area contributed by atoms with E-state index >= 15 is 0 Å². The van der Waals surface area contributed by atoms with Crippen molar-refractivity contribution in [3.05, 3.63) is 47.3 Å². The van der Waals surface area contributed by atoms with Gasteiger partial charge in [0, 0.05) is 20.2 Å². The van der Waals surface area contributed by atoms with Crippen LogP contribution in [0.5, 0.6) is 0 Å². The maximum absolute atomic E-state index is 5.07. The first-order chi connectivity index (χ1) is 10.9. The van der Waals surface area contributed by atoms with Gasteiger partial charge in [-0.15, -0.1) is 11.3 Å². The highest BCUT2D eigenvalue weighted by Crippen LogP contribution is 2.27. The Balaban J connectivity index is 1.77. The van der Waals surface area contributed by atoms with Gasteiger partial charge in [-0.05, 0) is 17.0 Å². The first-order valence-corrected chi connectivity index (χ1v) is 8.00. The van der Waals surface area contributed by atoms with Crippen molar-refractivity contribution in [1.82, 2.24) is 9.97 Å². The lowest BCUT2D eigenvalue weighted by molar-refractivity contribution is 0.210. The van der Waals surface area contributed by atoms with Gasteiger partial charge in [-0.1, -0.05) is 30.3 Å². The average molecular weight is 314 g/mol. The van der Waals surface area contributed by atoms with Gasteiger partial charge in [0.2, 0.25) is 5.95 Å². The van der Waals surface area contributed by atoms with E-state index in [0.717, 1.165) is 22.6 Å². The number of benzene rings is 1. The van der Waals surface area contributed by atoms with Gasteiger partial charge in [0.15, 0.2) is 0 Å². The molecule has 0 radical (unpaired) electrons. The number of nitrogens with zero attached hydrogens (tertiary/aromatic N) is 2. The molecule has 6 heteroatoms. The van der Waals surface area contributed by atoms with E-state index in [-0.39, 0.29) is 0 Å². The third-order valence-electron chi connectivity index (χ3n) is 3.20. The van der Waals surface area contributed by atoms with Crippen molar-refractivity contribution in [1.29, 1.82) is 0 Å². The van der Waals surface area contributed by atoms with Crippen molar-refractivity contribution < 1.29 is 4.74 Å². The molecular formula is C16H18N4OS. The predicted molar refractivity (Wildman–Crippen MR) is 91.5 cm³/mol. The van der Waals surface area contributed by atoms with E-state index in [1.807, 2.05) is 29.6 Å². The summed E-state index contributed by atoms with van der Waals surface area (Å²) < 4.78 is 6.15. The molecule has 0 bridgehead atoms. The highest BCUT2D eigenvalue weighted by Gasteiger charge is 2.08. The zero-order valence-electron chi connectivity index (χ0n) is 12.4. The number of anilines is 2. The van der Waals surface area contributed by atoms with Crippen LogP contribution in [0.4, 0.5) is 11.8 Å². The van der Waals surface area contributed by atoms with Gasteiger partial charge in [-0.25, -0.2) is 4.98 Å². The fraction of sp³-hybridized carbons (Fsp3) is 0.250. The minimum atomic E-state index is 0.634. The SMILES string of the molecule is COCCNc1nc(NCc2ccccc2)nc2ccsc12. The van der Waals surface area contributed by atoms with E-state index in [0.29, 0.717) is 19.1 Å². The molecule has 0 fully saturated rings. The lowest BCUT2D eigenvalue weighted by Crippen LogP contribution is -2.11. The molecule has 5 nitrogen and oxygen atoms in total. The Morgan fingerprint density at radius 3 is 2.77 bits per heavy atom. The summed E-state index contributed by atoms with van der Waals surface area (Å²) in [5.41, 5.74) is 2.15. The number of methoxy groups -OCH3 is 1. The molecule has 0 spiro atoms. The number of hydrogen-bond acceptors (Lipinski definition) is 6. The van der Waals surface area contributed by atoms with Crippen molar-refractivity contribution in [2.24, 2.45) is 0 Å². The van der Waals surface area contributed by atoms with E-state index in [1.54, 1.807) is 18.4 Å². The highest BCUT2D eigenvalue weighted by molar-refractivity contribution is 7.17. The fourth-order valence-corrected chi connectivity index (χ4v) is 2.91.